The summed E-state index contributed by atoms with van der Waals surface area (Å²) in [6, 6.07) is 9.68. The third-order valence-corrected chi connectivity index (χ3v) is 4.28. The second kappa shape index (κ2) is 5.96. The number of carbonyl (C=O) groups excluding carboxylic acids is 1. The fourth-order valence-electron chi connectivity index (χ4n) is 2.67. The monoisotopic (exact) mass is 272 g/mol. The van der Waals surface area contributed by atoms with Gasteiger partial charge in [0.05, 0.1) is 6.04 Å². The first-order valence-corrected chi connectivity index (χ1v) is 7.80. The normalized spacial score (nSPS) is 19.6. The molecule has 2 fully saturated rings. The molecule has 0 heterocycles. The maximum atomic E-state index is 12.6. The summed E-state index contributed by atoms with van der Waals surface area (Å²) < 4.78 is 0. The Labute approximate surface area is 121 Å². The minimum atomic E-state index is -0.394. The van der Waals surface area contributed by atoms with Crippen LogP contribution in [0.25, 0.3) is 0 Å². The van der Waals surface area contributed by atoms with Gasteiger partial charge in [-0.2, -0.15) is 0 Å². The lowest BCUT2D eigenvalue weighted by atomic mass is 10.1. The Bertz CT molecular complexity index is 437. The average Bonchev–Trinajstić information content (AvgIpc) is 3.33. The smallest absolute Gasteiger partial charge is 0.239 e. The van der Waals surface area contributed by atoms with Crippen molar-refractivity contribution in [1.82, 2.24) is 4.90 Å². The average molecular weight is 272 g/mol. The third-order valence-electron chi connectivity index (χ3n) is 4.28. The molecule has 3 rings (SSSR count). The van der Waals surface area contributed by atoms with E-state index in [1.807, 2.05) is 35.2 Å². The van der Waals surface area contributed by atoms with Crippen molar-refractivity contribution in [2.24, 2.45) is 17.6 Å². The Kier molecular flexibility index (Phi) is 4.06. The van der Waals surface area contributed by atoms with Crippen molar-refractivity contribution in [3.63, 3.8) is 0 Å². The molecular weight excluding hydrogens is 248 g/mol. The van der Waals surface area contributed by atoms with Gasteiger partial charge in [0.2, 0.25) is 5.91 Å². The Morgan fingerprint density at radius 2 is 1.65 bits per heavy atom. The van der Waals surface area contributed by atoms with Crippen LogP contribution in [0.5, 0.6) is 0 Å². The lowest BCUT2D eigenvalue weighted by molar-refractivity contribution is -0.133. The molecule has 3 nitrogen and oxygen atoms in total. The quantitative estimate of drug-likeness (QED) is 0.827. The number of hydrogen-bond donors (Lipinski definition) is 1. The summed E-state index contributed by atoms with van der Waals surface area (Å²) in [7, 11) is 0. The fraction of sp³-hybridized carbons (Fsp3) is 0.588. The summed E-state index contributed by atoms with van der Waals surface area (Å²) in [4.78, 5) is 14.6. The zero-order chi connectivity index (χ0) is 13.9. The van der Waals surface area contributed by atoms with E-state index in [2.05, 4.69) is 0 Å². The molecule has 0 aliphatic heterocycles. The van der Waals surface area contributed by atoms with Gasteiger partial charge in [-0.1, -0.05) is 30.3 Å². The molecule has 0 radical (unpaired) electrons. The lowest BCUT2D eigenvalue weighted by Gasteiger charge is -2.26. The van der Waals surface area contributed by atoms with E-state index in [1.165, 1.54) is 25.7 Å². The van der Waals surface area contributed by atoms with Crippen molar-refractivity contribution >= 4 is 5.91 Å². The Morgan fingerprint density at radius 3 is 2.15 bits per heavy atom. The fourth-order valence-corrected chi connectivity index (χ4v) is 2.67. The number of carbonyl (C=O) groups is 1. The molecule has 108 valence electrons. The summed E-state index contributed by atoms with van der Waals surface area (Å²) in [5.74, 6) is 1.62. The highest BCUT2D eigenvalue weighted by Crippen LogP contribution is 2.33. The highest BCUT2D eigenvalue weighted by Gasteiger charge is 2.33. The summed E-state index contributed by atoms with van der Waals surface area (Å²) in [5.41, 5.74) is 7.30. The van der Waals surface area contributed by atoms with Gasteiger partial charge in [-0.25, -0.2) is 0 Å². The number of hydrogen-bond acceptors (Lipinski definition) is 2. The van der Waals surface area contributed by atoms with E-state index in [0.29, 0.717) is 6.42 Å². The molecule has 1 amide bonds. The number of rotatable bonds is 7. The molecule has 1 aromatic rings. The van der Waals surface area contributed by atoms with Crippen molar-refractivity contribution in [1.29, 1.82) is 0 Å². The molecule has 0 saturated heterocycles. The molecule has 2 N–H and O–H groups in total. The zero-order valence-electron chi connectivity index (χ0n) is 12.0. The topological polar surface area (TPSA) is 46.3 Å². The highest BCUT2D eigenvalue weighted by atomic mass is 16.2. The Morgan fingerprint density at radius 1 is 1.10 bits per heavy atom. The summed E-state index contributed by atoms with van der Waals surface area (Å²) >= 11 is 0. The van der Waals surface area contributed by atoms with Crippen molar-refractivity contribution in [3.8, 4) is 0 Å². The molecular formula is C17H24N2O. The first-order valence-electron chi connectivity index (χ1n) is 7.80. The van der Waals surface area contributed by atoms with Gasteiger partial charge in [0.25, 0.3) is 0 Å². The molecule has 0 unspecified atom stereocenters. The van der Waals surface area contributed by atoms with Crippen LogP contribution in [0, 0.1) is 11.8 Å². The van der Waals surface area contributed by atoms with Crippen LogP contribution in [0.15, 0.2) is 30.3 Å². The molecule has 0 spiro atoms. The Hall–Kier alpha value is -1.35. The maximum absolute atomic E-state index is 12.6. The van der Waals surface area contributed by atoms with E-state index in [4.69, 9.17) is 5.73 Å². The molecule has 2 aliphatic rings. The van der Waals surface area contributed by atoms with Gasteiger partial charge in [0.15, 0.2) is 0 Å². The van der Waals surface area contributed by atoms with Gasteiger partial charge in [-0.15, -0.1) is 0 Å². The van der Waals surface area contributed by atoms with Gasteiger partial charge in [-0.3, -0.25) is 4.79 Å². The molecule has 2 saturated carbocycles. The van der Waals surface area contributed by atoms with E-state index in [0.717, 1.165) is 30.5 Å². The van der Waals surface area contributed by atoms with Gasteiger partial charge in [0, 0.05) is 13.1 Å². The molecule has 0 bridgehead atoms. The number of benzene rings is 1. The van der Waals surface area contributed by atoms with Crippen LogP contribution in [-0.4, -0.2) is 29.9 Å². The van der Waals surface area contributed by atoms with Crippen LogP contribution < -0.4 is 5.73 Å². The summed E-state index contributed by atoms with van der Waals surface area (Å²) in [6.07, 6.45) is 5.76. The standard InChI is InChI=1S/C17H24N2O/c18-16(10-13-4-2-1-3-5-13)17(20)19(11-14-6-7-14)12-15-8-9-15/h1-5,14-16H,6-12,18H2/t16-/m1/s1. The summed E-state index contributed by atoms with van der Waals surface area (Å²) in [5, 5.41) is 0. The predicted molar refractivity (Wildman–Crippen MR) is 80.1 cm³/mol. The molecule has 1 atom stereocenters. The minimum Gasteiger partial charge on any atom is -0.341 e. The zero-order valence-corrected chi connectivity index (χ0v) is 12.0. The lowest BCUT2D eigenvalue weighted by Crippen LogP contribution is -2.46. The van der Waals surface area contributed by atoms with Crippen molar-refractivity contribution in [3.05, 3.63) is 35.9 Å². The second-order valence-electron chi connectivity index (χ2n) is 6.43. The maximum Gasteiger partial charge on any atom is 0.239 e. The minimum absolute atomic E-state index is 0.146. The molecule has 3 heteroatoms. The van der Waals surface area contributed by atoms with Crippen molar-refractivity contribution in [2.45, 2.75) is 38.1 Å². The highest BCUT2D eigenvalue weighted by molar-refractivity contribution is 5.82. The van der Waals surface area contributed by atoms with E-state index in [1.54, 1.807) is 0 Å². The molecule has 2 aliphatic carbocycles. The molecule has 20 heavy (non-hydrogen) atoms. The van der Waals surface area contributed by atoms with Crippen molar-refractivity contribution < 1.29 is 4.79 Å². The number of nitrogens with zero attached hydrogens (tertiary/aromatic N) is 1. The number of amides is 1. The van der Waals surface area contributed by atoms with Crippen LogP contribution >= 0.6 is 0 Å². The Balaban J connectivity index is 1.58. The predicted octanol–water partition coefficient (Wildman–Crippen LogP) is 2.21. The van der Waals surface area contributed by atoms with Gasteiger partial charge >= 0.3 is 0 Å². The van der Waals surface area contributed by atoms with Gasteiger partial charge < -0.3 is 10.6 Å². The van der Waals surface area contributed by atoms with E-state index in [9.17, 15) is 4.79 Å². The SMILES string of the molecule is N[C@H](Cc1ccccc1)C(=O)N(CC1CC1)CC1CC1. The van der Waals surface area contributed by atoms with E-state index < -0.39 is 6.04 Å². The van der Waals surface area contributed by atoms with E-state index >= 15 is 0 Å². The largest absolute Gasteiger partial charge is 0.341 e. The third kappa shape index (κ3) is 3.83. The second-order valence-corrected chi connectivity index (χ2v) is 6.43. The van der Waals surface area contributed by atoms with Gasteiger partial charge in [-0.05, 0) is 49.5 Å². The summed E-state index contributed by atoms with van der Waals surface area (Å²) in [6.45, 7) is 1.86. The molecule has 0 aromatic heterocycles. The van der Waals surface area contributed by atoms with Crippen LogP contribution in [0.1, 0.15) is 31.2 Å². The van der Waals surface area contributed by atoms with Crippen LogP contribution in [0.4, 0.5) is 0 Å². The van der Waals surface area contributed by atoms with Crippen LogP contribution in [0.3, 0.4) is 0 Å². The number of nitrogens with two attached hydrogens (primary N) is 1. The van der Waals surface area contributed by atoms with Crippen LogP contribution in [0.2, 0.25) is 0 Å². The van der Waals surface area contributed by atoms with E-state index in [-0.39, 0.29) is 5.91 Å². The van der Waals surface area contributed by atoms with Crippen molar-refractivity contribution in [2.75, 3.05) is 13.1 Å². The van der Waals surface area contributed by atoms with Gasteiger partial charge in [0.1, 0.15) is 0 Å². The first kappa shape index (κ1) is 13.6. The van der Waals surface area contributed by atoms with Crippen LogP contribution in [-0.2, 0) is 11.2 Å². The first-order chi connectivity index (χ1) is 9.72. The molecule has 1 aromatic carbocycles.